The van der Waals surface area contributed by atoms with Gasteiger partial charge in [-0.3, -0.25) is 0 Å². The van der Waals surface area contributed by atoms with Gasteiger partial charge in [0.05, 0.1) is 0 Å². The summed E-state index contributed by atoms with van der Waals surface area (Å²) in [5.74, 6) is -0.0524. The Morgan fingerprint density at radius 3 is 2.58 bits per heavy atom. The van der Waals surface area contributed by atoms with Crippen molar-refractivity contribution in [1.29, 1.82) is 0 Å². The molecule has 1 aromatic carbocycles. The van der Waals surface area contributed by atoms with Crippen molar-refractivity contribution in [3.05, 3.63) is 35.1 Å². The van der Waals surface area contributed by atoms with E-state index >= 15 is 0 Å². The molecular weight excluding hydrogens is 151 g/mol. The number of hydrogen-bond acceptors (Lipinski definition) is 0. The SMILES string of the molecule is CCCc1cccc(F)c1CC. The molecule has 0 saturated carbocycles. The Bertz CT molecular complexity index is 253. The summed E-state index contributed by atoms with van der Waals surface area (Å²) in [5.41, 5.74) is 2.05. The maximum absolute atomic E-state index is 13.2. The van der Waals surface area contributed by atoms with E-state index in [4.69, 9.17) is 0 Å². The molecule has 0 unspecified atom stereocenters. The standard InChI is InChI=1S/C11H15F/c1-3-6-9-7-5-8-11(12)10(9)4-2/h5,7-8H,3-4,6H2,1-2H3. The van der Waals surface area contributed by atoms with Gasteiger partial charge in [0.15, 0.2) is 0 Å². The third kappa shape index (κ3) is 1.84. The molecule has 0 heterocycles. The van der Waals surface area contributed by atoms with E-state index < -0.39 is 0 Å². The Hall–Kier alpha value is -0.850. The number of aryl methyl sites for hydroxylation is 1. The van der Waals surface area contributed by atoms with Crippen molar-refractivity contribution in [2.75, 3.05) is 0 Å². The molecule has 0 aliphatic carbocycles. The Morgan fingerprint density at radius 2 is 2.00 bits per heavy atom. The number of halogens is 1. The van der Waals surface area contributed by atoms with Gasteiger partial charge in [0.25, 0.3) is 0 Å². The lowest BCUT2D eigenvalue weighted by Gasteiger charge is -2.06. The van der Waals surface area contributed by atoms with Crippen LogP contribution in [0.15, 0.2) is 18.2 Å². The topological polar surface area (TPSA) is 0 Å². The van der Waals surface area contributed by atoms with Gasteiger partial charge in [0, 0.05) is 0 Å². The molecule has 0 amide bonds. The van der Waals surface area contributed by atoms with Crippen LogP contribution in [0.3, 0.4) is 0 Å². The lowest BCUT2D eigenvalue weighted by atomic mass is 10.0. The van der Waals surface area contributed by atoms with Crippen LogP contribution in [0, 0.1) is 5.82 Å². The summed E-state index contributed by atoms with van der Waals surface area (Å²) < 4.78 is 13.2. The van der Waals surface area contributed by atoms with Crippen molar-refractivity contribution in [2.24, 2.45) is 0 Å². The zero-order chi connectivity index (χ0) is 8.97. The molecule has 66 valence electrons. The molecule has 0 fully saturated rings. The van der Waals surface area contributed by atoms with Crippen molar-refractivity contribution in [3.63, 3.8) is 0 Å². The average molecular weight is 166 g/mol. The lowest BCUT2D eigenvalue weighted by Crippen LogP contribution is -1.95. The molecule has 0 nitrogen and oxygen atoms in total. The zero-order valence-corrected chi connectivity index (χ0v) is 7.73. The Kier molecular flexibility index (Phi) is 3.27. The van der Waals surface area contributed by atoms with Crippen molar-refractivity contribution < 1.29 is 4.39 Å². The van der Waals surface area contributed by atoms with Crippen molar-refractivity contribution in [1.82, 2.24) is 0 Å². The maximum atomic E-state index is 13.2. The Balaban J connectivity index is 3.00. The van der Waals surface area contributed by atoms with E-state index in [1.807, 2.05) is 13.0 Å². The predicted octanol–water partition coefficient (Wildman–Crippen LogP) is 3.34. The van der Waals surface area contributed by atoms with Crippen LogP contribution in [-0.4, -0.2) is 0 Å². The molecule has 1 heteroatoms. The van der Waals surface area contributed by atoms with E-state index in [9.17, 15) is 4.39 Å². The average Bonchev–Trinajstić information content (AvgIpc) is 2.05. The third-order valence-electron chi connectivity index (χ3n) is 2.09. The van der Waals surface area contributed by atoms with Crippen LogP contribution in [0.4, 0.5) is 4.39 Å². The minimum atomic E-state index is -0.0524. The monoisotopic (exact) mass is 166 g/mol. The maximum Gasteiger partial charge on any atom is 0.126 e. The fraction of sp³-hybridized carbons (Fsp3) is 0.455. The lowest BCUT2D eigenvalue weighted by molar-refractivity contribution is 0.608. The fourth-order valence-corrected chi connectivity index (χ4v) is 1.50. The van der Waals surface area contributed by atoms with Gasteiger partial charge >= 0.3 is 0 Å². The van der Waals surface area contributed by atoms with Crippen LogP contribution in [0.25, 0.3) is 0 Å². The van der Waals surface area contributed by atoms with E-state index in [1.165, 1.54) is 11.6 Å². The molecule has 0 radical (unpaired) electrons. The molecular formula is C11H15F. The largest absolute Gasteiger partial charge is 0.207 e. The van der Waals surface area contributed by atoms with E-state index in [1.54, 1.807) is 6.07 Å². The molecule has 0 aliphatic heterocycles. The first-order valence-corrected chi connectivity index (χ1v) is 4.55. The number of rotatable bonds is 3. The molecule has 0 spiro atoms. The highest BCUT2D eigenvalue weighted by Crippen LogP contribution is 2.15. The fourth-order valence-electron chi connectivity index (χ4n) is 1.50. The van der Waals surface area contributed by atoms with Crippen LogP contribution >= 0.6 is 0 Å². The second-order valence-corrected chi connectivity index (χ2v) is 2.98. The van der Waals surface area contributed by atoms with Gasteiger partial charge in [0.1, 0.15) is 5.82 Å². The molecule has 1 rings (SSSR count). The van der Waals surface area contributed by atoms with Crippen molar-refractivity contribution >= 4 is 0 Å². The van der Waals surface area contributed by atoms with Gasteiger partial charge in [-0.1, -0.05) is 32.4 Å². The van der Waals surface area contributed by atoms with Gasteiger partial charge < -0.3 is 0 Å². The van der Waals surface area contributed by atoms with E-state index in [0.29, 0.717) is 0 Å². The summed E-state index contributed by atoms with van der Waals surface area (Å²) in [5, 5.41) is 0. The molecule has 0 aromatic heterocycles. The van der Waals surface area contributed by atoms with Gasteiger partial charge in [-0.05, 0) is 30.0 Å². The highest BCUT2D eigenvalue weighted by Gasteiger charge is 2.04. The third-order valence-corrected chi connectivity index (χ3v) is 2.09. The first-order valence-electron chi connectivity index (χ1n) is 4.55. The van der Waals surface area contributed by atoms with E-state index in [0.717, 1.165) is 24.8 Å². The van der Waals surface area contributed by atoms with Crippen molar-refractivity contribution in [2.45, 2.75) is 33.1 Å². The van der Waals surface area contributed by atoms with E-state index in [-0.39, 0.29) is 5.82 Å². The highest BCUT2D eigenvalue weighted by molar-refractivity contribution is 5.28. The first-order chi connectivity index (χ1) is 5.79. The second-order valence-electron chi connectivity index (χ2n) is 2.98. The summed E-state index contributed by atoms with van der Waals surface area (Å²) in [7, 11) is 0. The first kappa shape index (κ1) is 9.24. The van der Waals surface area contributed by atoms with Crippen LogP contribution in [0.2, 0.25) is 0 Å². The predicted molar refractivity (Wildman–Crippen MR) is 49.8 cm³/mol. The highest BCUT2D eigenvalue weighted by atomic mass is 19.1. The summed E-state index contributed by atoms with van der Waals surface area (Å²) in [6, 6.07) is 5.35. The van der Waals surface area contributed by atoms with Gasteiger partial charge in [-0.15, -0.1) is 0 Å². The van der Waals surface area contributed by atoms with Gasteiger partial charge in [0.2, 0.25) is 0 Å². The zero-order valence-electron chi connectivity index (χ0n) is 7.73. The Morgan fingerprint density at radius 1 is 1.25 bits per heavy atom. The van der Waals surface area contributed by atoms with Gasteiger partial charge in [-0.25, -0.2) is 4.39 Å². The molecule has 0 saturated heterocycles. The Labute approximate surface area is 73.4 Å². The summed E-state index contributed by atoms with van der Waals surface area (Å²) in [6.45, 7) is 4.11. The summed E-state index contributed by atoms with van der Waals surface area (Å²) in [4.78, 5) is 0. The van der Waals surface area contributed by atoms with Crippen LogP contribution in [-0.2, 0) is 12.8 Å². The van der Waals surface area contributed by atoms with Crippen LogP contribution in [0.1, 0.15) is 31.4 Å². The van der Waals surface area contributed by atoms with Crippen molar-refractivity contribution in [3.8, 4) is 0 Å². The minimum absolute atomic E-state index is 0.0524. The van der Waals surface area contributed by atoms with Gasteiger partial charge in [-0.2, -0.15) is 0 Å². The van der Waals surface area contributed by atoms with Crippen LogP contribution in [0.5, 0.6) is 0 Å². The molecule has 12 heavy (non-hydrogen) atoms. The summed E-state index contributed by atoms with van der Waals surface area (Å²) >= 11 is 0. The smallest absolute Gasteiger partial charge is 0.126 e. The molecule has 0 bridgehead atoms. The number of benzene rings is 1. The van der Waals surface area contributed by atoms with Crippen LogP contribution < -0.4 is 0 Å². The molecule has 0 N–H and O–H groups in total. The molecule has 0 aliphatic rings. The minimum Gasteiger partial charge on any atom is -0.207 e. The molecule has 0 atom stereocenters. The van der Waals surface area contributed by atoms with E-state index in [2.05, 4.69) is 6.92 Å². The summed E-state index contributed by atoms with van der Waals surface area (Å²) in [6.07, 6.45) is 2.86. The second kappa shape index (κ2) is 4.24. The quantitative estimate of drug-likeness (QED) is 0.646. The molecule has 1 aromatic rings. The normalized spacial score (nSPS) is 10.2. The number of hydrogen-bond donors (Lipinski definition) is 0.